The van der Waals surface area contributed by atoms with Gasteiger partial charge in [-0.1, -0.05) is 29.8 Å². The number of allylic oxidation sites excluding steroid dienone is 1. The highest BCUT2D eigenvalue weighted by atomic mass is 35.5. The van der Waals surface area contributed by atoms with Crippen molar-refractivity contribution in [3.8, 4) is 0 Å². The van der Waals surface area contributed by atoms with Gasteiger partial charge in [-0.2, -0.15) is 4.72 Å². The van der Waals surface area contributed by atoms with Gasteiger partial charge in [0.25, 0.3) is 0 Å². The van der Waals surface area contributed by atoms with Gasteiger partial charge >= 0.3 is 5.97 Å². The average Bonchev–Trinajstić information content (AvgIpc) is 2.60. The van der Waals surface area contributed by atoms with Gasteiger partial charge in [-0.25, -0.2) is 8.42 Å². The van der Waals surface area contributed by atoms with E-state index in [1.54, 1.807) is 30.3 Å². The van der Waals surface area contributed by atoms with E-state index in [0.717, 1.165) is 5.56 Å². The van der Waals surface area contributed by atoms with Gasteiger partial charge < -0.3 is 5.11 Å². The number of carboxylic acids is 1. The Morgan fingerprint density at radius 2 is 1.65 bits per heavy atom. The van der Waals surface area contributed by atoms with Crippen molar-refractivity contribution in [2.24, 2.45) is 0 Å². The Labute approximate surface area is 156 Å². The third-order valence-corrected chi connectivity index (χ3v) is 5.26. The van der Waals surface area contributed by atoms with Crippen LogP contribution in [-0.4, -0.2) is 31.3 Å². The fourth-order valence-electron chi connectivity index (χ4n) is 1.99. The van der Waals surface area contributed by atoms with Crippen LogP contribution in [-0.2, 0) is 14.8 Å². The monoisotopic (exact) mass is 393 g/mol. The summed E-state index contributed by atoms with van der Waals surface area (Å²) in [5.74, 6) is -1.58. The van der Waals surface area contributed by atoms with Gasteiger partial charge in [-0.15, -0.1) is 0 Å². The second kappa shape index (κ2) is 8.27. The number of benzene rings is 2. The fourth-order valence-corrected chi connectivity index (χ4v) is 3.31. The van der Waals surface area contributed by atoms with Crippen LogP contribution < -0.4 is 4.72 Å². The molecule has 0 aromatic heterocycles. The third kappa shape index (κ3) is 5.26. The number of aliphatic carboxylic acids is 1. The maximum absolute atomic E-state index is 12.2. The van der Waals surface area contributed by atoms with E-state index in [0.29, 0.717) is 10.6 Å². The Bertz CT molecular complexity index is 935. The van der Waals surface area contributed by atoms with Crippen molar-refractivity contribution in [3.63, 3.8) is 0 Å². The molecule has 136 valence electrons. The van der Waals surface area contributed by atoms with Crippen molar-refractivity contribution in [2.75, 3.05) is 0 Å². The molecule has 2 aromatic carbocycles. The number of ketones is 1. The second-order valence-electron chi connectivity index (χ2n) is 5.45. The van der Waals surface area contributed by atoms with Crippen LogP contribution in [0.25, 0.3) is 6.08 Å². The highest BCUT2D eigenvalue weighted by Crippen LogP contribution is 2.14. The molecule has 0 heterocycles. The quantitative estimate of drug-likeness (QED) is 0.556. The lowest BCUT2D eigenvalue weighted by atomic mass is 10.1. The number of rotatable bonds is 7. The number of halogens is 1. The molecule has 0 spiro atoms. The van der Waals surface area contributed by atoms with Crippen molar-refractivity contribution >= 4 is 39.5 Å². The minimum atomic E-state index is -3.98. The number of carbonyl (C=O) groups is 2. The summed E-state index contributed by atoms with van der Waals surface area (Å²) in [6.45, 7) is 1.22. The number of hydrogen-bond acceptors (Lipinski definition) is 4. The molecule has 0 fully saturated rings. The summed E-state index contributed by atoms with van der Waals surface area (Å²) in [6.07, 6.45) is 3.00. The fraction of sp³-hybridized carbons (Fsp3) is 0.111. The SMILES string of the molecule is CC(NS(=O)(=O)c1ccc(C(=O)/C=C/c2ccc(Cl)cc2)cc1)C(=O)O. The lowest BCUT2D eigenvalue weighted by Crippen LogP contribution is -2.38. The highest BCUT2D eigenvalue weighted by molar-refractivity contribution is 7.89. The lowest BCUT2D eigenvalue weighted by molar-refractivity contribution is -0.138. The van der Waals surface area contributed by atoms with E-state index in [1.807, 2.05) is 4.72 Å². The average molecular weight is 394 g/mol. The van der Waals surface area contributed by atoms with Crippen molar-refractivity contribution < 1.29 is 23.1 Å². The topological polar surface area (TPSA) is 101 Å². The summed E-state index contributed by atoms with van der Waals surface area (Å²) in [4.78, 5) is 22.8. The summed E-state index contributed by atoms with van der Waals surface area (Å²) in [5, 5.41) is 9.38. The van der Waals surface area contributed by atoms with Crippen LogP contribution in [0.2, 0.25) is 5.02 Å². The Morgan fingerprint density at radius 3 is 2.19 bits per heavy atom. The number of nitrogens with one attached hydrogen (secondary N) is 1. The summed E-state index contributed by atoms with van der Waals surface area (Å²) in [6, 6.07) is 10.9. The van der Waals surface area contributed by atoms with Crippen LogP contribution in [0.4, 0.5) is 0 Å². The summed E-state index contributed by atoms with van der Waals surface area (Å²) in [5.41, 5.74) is 1.11. The Kier molecular flexibility index (Phi) is 6.31. The van der Waals surface area contributed by atoms with Crippen molar-refractivity contribution in [1.82, 2.24) is 4.72 Å². The largest absolute Gasteiger partial charge is 0.480 e. The van der Waals surface area contributed by atoms with Gasteiger partial charge in [0.05, 0.1) is 4.90 Å². The van der Waals surface area contributed by atoms with E-state index in [9.17, 15) is 18.0 Å². The van der Waals surface area contributed by atoms with Crippen molar-refractivity contribution in [3.05, 3.63) is 70.8 Å². The van der Waals surface area contributed by atoms with Gasteiger partial charge in [0.1, 0.15) is 6.04 Å². The van der Waals surface area contributed by atoms with Crippen molar-refractivity contribution in [2.45, 2.75) is 17.9 Å². The molecule has 0 aliphatic rings. The molecule has 0 amide bonds. The second-order valence-corrected chi connectivity index (χ2v) is 7.61. The first kappa shape index (κ1) is 19.8. The van der Waals surface area contributed by atoms with Crippen LogP contribution in [0, 0.1) is 0 Å². The molecule has 2 N–H and O–H groups in total. The highest BCUT2D eigenvalue weighted by Gasteiger charge is 2.21. The molecular weight excluding hydrogens is 378 g/mol. The summed E-state index contributed by atoms with van der Waals surface area (Å²) in [7, 11) is -3.98. The first-order valence-electron chi connectivity index (χ1n) is 7.52. The van der Waals surface area contributed by atoms with Crippen LogP contribution >= 0.6 is 11.6 Å². The van der Waals surface area contributed by atoms with Crippen LogP contribution in [0.3, 0.4) is 0 Å². The number of hydrogen-bond donors (Lipinski definition) is 2. The Morgan fingerprint density at radius 1 is 1.08 bits per heavy atom. The molecule has 26 heavy (non-hydrogen) atoms. The molecule has 0 aliphatic carbocycles. The zero-order chi connectivity index (χ0) is 19.3. The van der Waals surface area contributed by atoms with Gasteiger partial charge in [0.15, 0.2) is 5.78 Å². The number of carbonyl (C=O) groups excluding carboxylic acids is 1. The van der Waals surface area contributed by atoms with E-state index in [2.05, 4.69) is 0 Å². The molecule has 0 saturated heterocycles. The Hall–Kier alpha value is -2.48. The first-order valence-corrected chi connectivity index (χ1v) is 9.38. The van der Waals surface area contributed by atoms with Gasteiger partial charge in [0.2, 0.25) is 10.0 Å². The van der Waals surface area contributed by atoms with Crippen molar-refractivity contribution in [1.29, 1.82) is 0 Å². The van der Waals surface area contributed by atoms with E-state index < -0.39 is 22.0 Å². The molecule has 2 rings (SSSR count). The molecule has 8 heteroatoms. The van der Waals surface area contributed by atoms with E-state index in [1.165, 1.54) is 37.3 Å². The minimum Gasteiger partial charge on any atom is -0.480 e. The van der Waals surface area contributed by atoms with Crippen LogP contribution in [0.5, 0.6) is 0 Å². The number of carboxylic acid groups (broad SMARTS) is 1. The molecular formula is C18H16ClNO5S. The molecule has 1 atom stereocenters. The number of sulfonamides is 1. The predicted molar refractivity (Wildman–Crippen MR) is 98.7 cm³/mol. The summed E-state index contributed by atoms with van der Waals surface area (Å²) >= 11 is 5.79. The zero-order valence-electron chi connectivity index (χ0n) is 13.7. The zero-order valence-corrected chi connectivity index (χ0v) is 15.3. The molecule has 0 radical (unpaired) electrons. The molecule has 0 saturated carbocycles. The maximum atomic E-state index is 12.2. The van der Waals surface area contributed by atoms with E-state index in [4.69, 9.17) is 16.7 Å². The molecule has 0 aliphatic heterocycles. The Balaban J connectivity index is 2.12. The van der Waals surface area contributed by atoms with E-state index >= 15 is 0 Å². The standard InChI is InChI=1S/C18H16ClNO5S/c1-12(18(22)23)20-26(24,25)16-9-5-14(6-10-16)17(21)11-4-13-2-7-15(19)8-3-13/h2-12,20H,1H3,(H,22,23)/b11-4+. The minimum absolute atomic E-state index is 0.121. The van der Waals surface area contributed by atoms with E-state index in [-0.39, 0.29) is 10.7 Å². The third-order valence-electron chi connectivity index (χ3n) is 3.45. The maximum Gasteiger partial charge on any atom is 0.321 e. The first-order chi connectivity index (χ1) is 12.2. The van der Waals surface area contributed by atoms with Gasteiger partial charge in [-0.3, -0.25) is 9.59 Å². The molecule has 2 aromatic rings. The van der Waals surface area contributed by atoms with Crippen LogP contribution in [0.15, 0.2) is 59.5 Å². The normalized spacial score (nSPS) is 12.8. The predicted octanol–water partition coefficient (Wildman–Crippen LogP) is 2.99. The van der Waals surface area contributed by atoms with Gasteiger partial charge in [-0.05, 0) is 55.0 Å². The smallest absolute Gasteiger partial charge is 0.321 e. The molecule has 1 unspecified atom stereocenters. The molecule has 6 nitrogen and oxygen atoms in total. The lowest BCUT2D eigenvalue weighted by Gasteiger charge is -2.10. The van der Waals surface area contributed by atoms with Crippen LogP contribution in [0.1, 0.15) is 22.8 Å². The summed E-state index contributed by atoms with van der Waals surface area (Å²) < 4.78 is 26.2. The molecule has 0 bridgehead atoms. The van der Waals surface area contributed by atoms with Gasteiger partial charge in [0, 0.05) is 10.6 Å².